The molecule has 1 atom stereocenters. The average Bonchev–Trinajstić information content (AvgIpc) is 2.77. The van der Waals surface area contributed by atoms with Crippen molar-refractivity contribution in [2.45, 2.75) is 50.5 Å². The molecule has 1 fully saturated rings. The van der Waals surface area contributed by atoms with E-state index < -0.39 is 0 Å². The molecule has 29 heavy (non-hydrogen) atoms. The van der Waals surface area contributed by atoms with E-state index in [4.69, 9.17) is 9.15 Å². The van der Waals surface area contributed by atoms with Gasteiger partial charge in [-0.3, -0.25) is 0 Å². The lowest BCUT2D eigenvalue weighted by molar-refractivity contribution is 0.195. The van der Waals surface area contributed by atoms with E-state index >= 15 is 0 Å². The van der Waals surface area contributed by atoms with E-state index in [1.807, 2.05) is 49.5 Å². The van der Waals surface area contributed by atoms with Crippen LogP contribution < -0.4 is 15.7 Å². The number of benzene rings is 2. The Balaban J connectivity index is 1.62. The maximum absolute atomic E-state index is 12.5. The van der Waals surface area contributed by atoms with Gasteiger partial charge in [0.2, 0.25) is 0 Å². The molecule has 1 heterocycles. The lowest BCUT2D eigenvalue weighted by atomic mass is 9.84. The molecule has 0 radical (unpaired) electrons. The zero-order chi connectivity index (χ0) is 20.1. The Kier molecular flexibility index (Phi) is 6.30. The van der Waals surface area contributed by atoms with E-state index in [0.29, 0.717) is 11.5 Å². The highest BCUT2D eigenvalue weighted by Gasteiger charge is 2.20. The normalized spacial score (nSPS) is 16.0. The molecule has 1 aliphatic carbocycles. The summed E-state index contributed by atoms with van der Waals surface area (Å²) in [5, 5.41) is 4.14. The molecule has 1 aliphatic rings. The maximum Gasteiger partial charge on any atom is 0.339 e. The van der Waals surface area contributed by atoms with Crippen LogP contribution in [0.5, 0.6) is 5.75 Å². The average molecular weight is 392 g/mol. The Morgan fingerprint density at radius 1 is 1.07 bits per heavy atom. The van der Waals surface area contributed by atoms with E-state index in [9.17, 15) is 4.79 Å². The molecule has 4 heteroatoms. The topological polar surface area (TPSA) is 51.5 Å². The Morgan fingerprint density at radius 3 is 2.62 bits per heavy atom. The van der Waals surface area contributed by atoms with Crippen molar-refractivity contribution in [1.82, 2.24) is 5.32 Å². The van der Waals surface area contributed by atoms with Crippen LogP contribution in [0.3, 0.4) is 0 Å². The van der Waals surface area contributed by atoms with Gasteiger partial charge in [0.1, 0.15) is 17.4 Å². The summed E-state index contributed by atoms with van der Waals surface area (Å²) in [6, 6.07) is 18.0. The molecule has 1 aromatic heterocycles. The fourth-order valence-electron chi connectivity index (χ4n) is 4.29. The zero-order valence-corrected chi connectivity index (χ0v) is 17.0. The molecule has 152 valence electrons. The van der Waals surface area contributed by atoms with E-state index in [2.05, 4.69) is 17.4 Å². The van der Waals surface area contributed by atoms with Gasteiger partial charge in [-0.25, -0.2) is 4.79 Å². The van der Waals surface area contributed by atoms with Crippen LogP contribution in [-0.2, 0) is 0 Å². The van der Waals surface area contributed by atoms with E-state index in [0.717, 1.165) is 48.1 Å². The molecule has 4 nitrogen and oxygen atoms in total. The molecule has 0 saturated heterocycles. The standard InChI is InChI=1S/C25H29NO3/c1-26-15-14-24(19-10-6-3-7-11-19)28-21-12-13-23-20(16-21)17-22(25(27)29-23)18-8-4-2-5-9-18/h3,6-7,10-13,16-18,24,26H,2,4-5,8-9,14-15H2,1H3. The summed E-state index contributed by atoms with van der Waals surface area (Å²) in [7, 11) is 1.95. The molecule has 1 saturated carbocycles. The monoisotopic (exact) mass is 391 g/mol. The summed E-state index contributed by atoms with van der Waals surface area (Å²) in [5.74, 6) is 1.12. The van der Waals surface area contributed by atoms with Crippen LogP contribution >= 0.6 is 0 Å². The first kappa shape index (κ1) is 19.7. The van der Waals surface area contributed by atoms with Gasteiger partial charge in [0.15, 0.2) is 0 Å². The minimum Gasteiger partial charge on any atom is -0.486 e. The van der Waals surface area contributed by atoms with Crippen molar-refractivity contribution in [1.29, 1.82) is 0 Å². The molecular weight excluding hydrogens is 362 g/mol. The van der Waals surface area contributed by atoms with Crippen molar-refractivity contribution in [2.75, 3.05) is 13.6 Å². The molecule has 3 aromatic rings. The van der Waals surface area contributed by atoms with Gasteiger partial charge in [0, 0.05) is 17.4 Å². The Hall–Kier alpha value is -2.59. The van der Waals surface area contributed by atoms with Gasteiger partial charge in [0.05, 0.1) is 0 Å². The predicted molar refractivity (Wildman–Crippen MR) is 117 cm³/mol. The third kappa shape index (κ3) is 4.70. The Labute approximate surface area is 171 Å². The van der Waals surface area contributed by atoms with Crippen LogP contribution in [0.4, 0.5) is 0 Å². The first-order valence-electron chi connectivity index (χ1n) is 10.7. The number of hydrogen-bond acceptors (Lipinski definition) is 4. The van der Waals surface area contributed by atoms with E-state index in [-0.39, 0.29) is 11.7 Å². The van der Waals surface area contributed by atoms with Gasteiger partial charge >= 0.3 is 5.63 Å². The molecular formula is C25H29NO3. The third-order valence-corrected chi connectivity index (χ3v) is 5.88. The number of hydrogen-bond donors (Lipinski definition) is 1. The first-order valence-corrected chi connectivity index (χ1v) is 10.7. The van der Waals surface area contributed by atoms with E-state index in [1.165, 1.54) is 19.3 Å². The lowest BCUT2D eigenvalue weighted by Crippen LogP contribution is -2.16. The summed E-state index contributed by atoms with van der Waals surface area (Å²) in [6.45, 7) is 0.869. The Bertz CT molecular complexity index is 990. The van der Waals surface area contributed by atoms with Crippen molar-refractivity contribution < 1.29 is 9.15 Å². The molecule has 0 spiro atoms. The number of ether oxygens (including phenoxy) is 1. The van der Waals surface area contributed by atoms with Crippen molar-refractivity contribution >= 4 is 11.0 Å². The van der Waals surface area contributed by atoms with E-state index in [1.54, 1.807) is 0 Å². The zero-order valence-electron chi connectivity index (χ0n) is 17.0. The van der Waals surface area contributed by atoms with Crippen LogP contribution in [0, 0.1) is 0 Å². The highest BCUT2D eigenvalue weighted by atomic mass is 16.5. The number of rotatable bonds is 7. The Morgan fingerprint density at radius 2 is 1.86 bits per heavy atom. The van der Waals surface area contributed by atoms with Crippen LogP contribution in [0.1, 0.15) is 61.7 Å². The fourth-order valence-corrected chi connectivity index (χ4v) is 4.29. The smallest absolute Gasteiger partial charge is 0.339 e. The summed E-state index contributed by atoms with van der Waals surface area (Å²) >= 11 is 0. The molecule has 0 bridgehead atoms. The molecule has 0 aliphatic heterocycles. The summed E-state index contributed by atoms with van der Waals surface area (Å²) in [4.78, 5) is 12.5. The van der Waals surface area contributed by atoms with Crippen LogP contribution in [0.25, 0.3) is 11.0 Å². The van der Waals surface area contributed by atoms with Crippen LogP contribution in [-0.4, -0.2) is 13.6 Å². The van der Waals surface area contributed by atoms with Gasteiger partial charge in [0.25, 0.3) is 0 Å². The molecule has 2 aromatic carbocycles. The van der Waals surface area contributed by atoms with Crippen molar-refractivity contribution in [2.24, 2.45) is 0 Å². The quantitative estimate of drug-likeness (QED) is 0.535. The van der Waals surface area contributed by atoms with Crippen molar-refractivity contribution in [3.63, 3.8) is 0 Å². The first-order chi connectivity index (χ1) is 14.2. The van der Waals surface area contributed by atoms with Crippen molar-refractivity contribution in [3.05, 3.63) is 76.1 Å². The summed E-state index contributed by atoms with van der Waals surface area (Å²) in [5.41, 5.74) is 2.41. The molecule has 1 N–H and O–H groups in total. The summed E-state index contributed by atoms with van der Waals surface area (Å²) < 4.78 is 12.0. The molecule has 0 amide bonds. The molecule has 4 rings (SSSR count). The van der Waals surface area contributed by atoms with Crippen molar-refractivity contribution in [3.8, 4) is 5.75 Å². The van der Waals surface area contributed by atoms with Gasteiger partial charge in [-0.2, -0.15) is 0 Å². The largest absolute Gasteiger partial charge is 0.486 e. The lowest BCUT2D eigenvalue weighted by Gasteiger charge is -2.21. The SMILES string of the molecule is CNCCC(Oc1ccc2oc(=O)c(C3CCCCC3)cc2c1)c1ccccc1. The second-order valence-corrected chi connectivity index (χ2v) is 7.93. The maximum atomic E-state index is 12.5. The van der Waals surface area contributed by atoms with Gasteiger partial charge in [-0.15, -0.1) is 0 Å². The van der Waals surface area contributed by atoms with Crippen LogP contribution in [0.2, 0.25) is 0 Å². The van der Waals surface area contributed by atoms with Gasteiger partial charge in [-0.1, -0.05) is 49.6 Å². The minimum absolute atomic E-state index is 0.0327. The van der Waals surface area contributed by atoms with Crippen LogP contribution in [0.15, 0.2) is 63.8 Å². The third-order valence-electron chi connectivity index (χ3n) is 5.88. The highest BCUT2D eigenvalue weighted by molar-refractivity contribution is 5.78. The molecule has 1 unspecified atom stereocenters. The van der Waals surface area contributed by atoms with Gasteiger partial charge in [-0.05, 0) is 62.2 Å². The second kappa shape index (κ2) is 9.27. The fraction of sp³-hybridized carbons (Fsp3) is 0.400. The second-order valence-electron chi connectivity index (χ2n) is 7.93. The predicted octanol–water partition coefficient (Wildman–Crippen LogP) is 5.57. The summed E-state index contributed by atoms with van der Waals surface area (Å²) in [6.07, 6.45) is 6.63. The number of nitrogens with one attached hydrogen (secondary N) is 1. The minimum atomic E-state index is -0.186. The number of fused-ring (bicyclic) bond motifs is 1. The van der Waals surface area contributed by atoms with Gasteiger partial charge < -0.3 is 14.5 Å². The highest BCUT2D eigenvalue weighted by Crippen LogP contribution is 2.33.